The Bertz CT molecular complexity index is 1090. The zero-order valence-electron chi connectivity index (χ0n) is 18.6. The first-order valence-electron chi connectivity index (χ1n) is 11.0. The van der Waals surface area contributed by atoms with E-state index in [4.69, 9.17) is 14.7 Å². The SMILES string of the molecule is CC1COCCN1c1nc(-c2cccc3[nH]ccc23)nc2c1CN(C(C)C)C2(C)C. The van der Waals surface area contributed by atoms with Crippen molar-refractivity contribution in [3.63, 3.8) is 0 Å². The average molecular weight is 406 g/mol. The van der Waals surface area contributed by atoms with E-state index in [0.29, 0.717) is 12.1 Å². The van der Waals surface area contributed by atoms with E-state index in [2.05, 4.69) is 73.7 Å². The van der Waals surface area contributed by atoms with Gasteiger partial charge in [-0.05, 0) is 46.8 Å². The van der Waals surface area contributed by atoms with Crippen molar-refractivity contribution in [1.82, 2.24) is 19.9 Å². The van der Waals surface area contributed by atoms with Crippen LogP contribution >= 0.6 is 0 Å². The van der Waals surface area contributed by atoms with E-state index in [-0.39, 0.29) is 5.54 Å². The Morgan fingerprint density at radius 3 is 2.80 bits per heavy atom. The minimum absolute atomic E-state index is 0.141. The largest absolute Gasteiger partial charge is 0.377 e. The summed E-state index contributed by atoms with van der Waals surface area (Å²) in [7, 11) is 0. The molecule has 0 saturated carbocycles. The van der Waals surface area contributed by atoms with Crippen molar-refractivity contribution in [1.29, 1.82) is 0 Å². The Morgan fingerprint density at radius 1 is 1.20 bits per heavy atom. The van der Waals surface area contributed by atoms with Crippen LogP contribution in [0.2, 0.25) is 0 Å². The summed E-state index contributed by atoms with van der Waals surface area (Å²) in [6.07, 6.45) is 1.98. The van der Waals surface area contributed by atoms with Crippen LogP contribution in [0.4, 0.5) is 5.82 Å². The van der Waals surface area contributed by atoms with Gasteiger partial charge in [0.1, 0.15) is 5.82 Å². The van der Waals surface area contributed by atoms with Crippen LogP contribution in [0.25, 0.3) is 22.3 Å². The van der Waals surface area contributed by atoms with E-state index in [0.717, 1.165) is 60.1 Å². The van der Waals surface area contributed by atoms with Gasteiger partial charge in [-0.15, -0.1) is 0 Å². The molecule has 1 atom stereocenters. The molecule has 1 aromatic carbocycles. The van der Waals surface area contributed by atoms with Gasteiger partial charge in [0.05, 0.1) is 30.5 Å². The highest BCUT2D eigenvalue weighted by Gasteiger charge is 2.43. The van der Waals surface area contributed by atoms with Crippen LogP contribution in [-0.4, -0.2) is 51.7 Å². The quantitative estimate of drug-likeness (QED) is 0.704. The van der Waals surface area contributed by atoms with Gasteiger partial charge in [0.15, 0.2) is 5.82 Å². The number of fused-ring (bicyclic) bond motifs is 2. The number of morpholine rings is 1. The molecule has 0 bridgehead atoms. The summed E-state index contributed by atoms with van der Waals surface area (Å²) in [6, 6.07) is 9.15. The number of hydrogen-bond donors (Lipinski definition) is 1. The van der Waals surface area contributed by atoms with Crippen molar-refractivity contribution >= 4 is 16.7 Å². The first kappa shape index (κ1) is 19.5. The van der Waals surface area contributed by atoms with Crippen molar-refractivity contribution in [2.45, 2.75) is 58.8 Å². The third-order valence-electron chi connectivity index (χ3n) is 6.71. The number of rotatable bonds is 3. The van der Waals surface area contributed by atoms with Crippen molar-refractivity contribution in [2.75, 3.05) is 24.7 Å². The molecule has 0 spiro atoms. The topological polar surface area (TPSA) is 57.3 Å². The molecule has 0 radical (unpaired) electrons. The maximum Gasteiger partial charge on any atom is 0.162 e. The zero-order chi connectivity index (χ0) is 21.0. The van der Waals surface area contributed by atoms with Crippen LogP contribution in [0.3, 0.4) is 0 Å². The van der Waals surface area contributed by atoms with Gasteiger partial charge >= 0.3 is 0 Å². The summed E-state index contributed by atoms with van der Waals surface area (Å²) < 4.78 is 5.72. The molecular weight excluding hydrogens is 374 g/mol. The van der Waals surface area contributed by atoms with Gasteiger partial charge < -0.3 is 14.6 Å². The van der Waals surface area contributed by atoms with Crippen molar-refractivity contribution in [3.05, 3.63) is 41.7 Å². The number of nitrogens with one attached hydrogen (secondary N) is 1. The summed E-state index contributed by atoms with van der Waals surface area (Å²) in [4.78, 5) is 18.7. The highest BCUT2D eigenvalue weighted by atomic mass is 16.5. The highest BCUT2D eigenvalue weighted by molar-refractivity contribution is 5.93. The lowest BCUT2D eigenvalue weighted by molar-refractivity contribution is 0.0945. The average Bonchev–Trinajstić information content (AvgIpc) is 3.30. The molecule has 1 fully saturated rings. The highest BCUT2D eigenvalue weighted by Crippen LogP contribution is 2.44. The predicted molar refractivity (Wildman–Crippen MR) is 121 cm³/mol. The monoisotopic (exact) mass is 405 g/mol. The Morgan fingerprint density at radius 2 is 2.03 bits per heavy atom. The van der Waals surface area contributed by atoms with Crippen molar-refractivity contribution < 1.29 is 4.74 Å². The van der Waals surface area contributed by atoms with E-state index >= 15 is 0 Å². The van der Waals surface area contributed by atoms with E-state index in [1.807, 2.05) is 6.20 Å². The van der Waals surface area contributed by atoms with Gasteiger partial charge in [-0.1, -0.05) is 12.1 Å². The van der Waals surface area contributed by atoms with Crippen LogP contribution in [0, 0.1) is 0 Å². The predicted octanol–water partition coefficient (Wildman–Crippen LogP) is 4.31. The normalized spacial score (nSPS) is 21.5. The summed E-state index contributed by atoms with van der Waals surface area (Å²) in [5, 5.41) is 1.16. The molecule has 4 heterocycles. The molecular formula is C24H31N5O. The summed E-state index contributed by atoms with van der Waals surface area (Å²) >= 11 is 0. The molecule has 0 aliphatic carbocycles. The third-order valence-corrected chi connectivity index (χ3v) is 6.71. The molecule has 3 aromatic rings. The van der Waals surface area contributed by atoms with Crippen molar-refractivity contribution in [2.24, 2.45) is 0 Å². The van der Waals surface area contributed by atoms with Crippen molar-refractivity contribution in [3.8, 4) is 11.4 Å². The Balaban J connectivity index is 1.74. The van der Waals surface area contributed by atoms with Crippen LogP contribution < -0.4 is 4.90 Å². The molecule has 6 nitrogen and oxygen atoms in total. The molecule has 2 aliphatic rings. The second-order valence-corrected chi connectivity index (χ2v) is 9.34. The fourth-order valence-electron chi connectivity index (χ4n) is 5.14. The van der Waals surface area contributed by atoms with Crippen LogP contribution in [0.5, 0.6) is 0 Å². The molecule has 5 rings (SSSR count). The molecule has 0 amide bonds. The number of aromatic nitrogens is 3. The number of benzene rings is 1. The first-order chi connectivity index (χ1) is 14.4. The Labute approximate surface area is 178 Å². The van der Waals surface area contributed by atoms with Gasteiger partial charge in [-0.3, -0.25) is 4.90 Å². The Kier molecular flexibility index (Phi) is 4.60. The fourth-order valence-corrected chi connectivity index (χ4v) is 5.14. The maximum absolute atomic E-state index is 5.72. The first-order valence-corrected chi connectivity index (χ1v) is 11.0. The fraction of sp³-hybridized carbons (Fsp3) is 0.500. The number of H-pyrrole nitrogens is 1. The molecule has 1 unspecified atom stereocenters. The van der Waals surface area contributed by atoms with Gasteiger partial charge in [0.25, 0.3) is 0 Å². The molecule has 1 N–H and O–H groups in total. The lowest BCUT2D eigenvalue weighted by Crippen LogP contribution is -2.44. The van der Waals surface area contributed by atoms with E-state index in [1.165, 1.54) is 5.56 Å². The summed E-state index contributed by atoms with van der Waals surface area (Å²) in [5.74, 6) is 1.89. The minimum Gasteiger partial charge on any atom is -0.377 e. The van der Waals surface area contributed by atoms with Crippen LogP contribution in [0.15, 0.2) is 30.5 Å². The smallest absolute Gasteiger partial charge is 0.162 e. The lowest BCUT2D eigenvalue weighted by Gasteiger charge is -2.35. The van der Waals surface area contributed by atoms with Gasteiger partial charge in [0.2, 0.25) is 0 Å². The van der Waals surface area contributed by atoms with E-state index < -0.39 is 0 Å². The number of aromatic amines is 1. The number of hydrogen-bond acceptors (Lipinski definition) is 5. The summed E-state index contributed by atoms with van der Waals surface area (Å²) in [5.41, 5.74) is 4.48. The van der Waals surface area contributed by atoms with Gasteiger partial charge in [-0.2, -0.15) is 0 Å². The standard InChI is InChI=1S/C24H31N5O/c1-15(2)29-13-19-21(24(29,4)5)26-22(18-7-6-8-20-17(18)9-10-25-20)27-23(19)28-11-12-30-14-16(28)3/h6-10,15-16,25H,11-14H2,1-5H3. The molecule has 1 saturated heterocycles. The summed E-state index contributed by atoms with van der Waals surface area (Å²) in [6.45, 7) is 14.5. The zero-order valence-corrected chi connectivity index (χ0v) is 18.6. The number of ether oxygens (including phenoxy) is 1. The minimum atomic E-state index is -0.141. The lowest BCUT2D eigenvalue weighted by atomic mass is 9.98. The number of anilines is 1. The number of nitrogens with zero attached hydrogens (tertiary/aromatic N) is 4. The van der Waals surface area contributed by atoms with E-state index in [1.54, 1.807) is 0 Å². The van der Waals surface area contributed by atoms with Gasteiger partial charge in [0, 0.05) is 47.4 Å². The molecule has 30 heavy (non-hydrogen) atoms. The van der Waals surface area contributed by atoms with Crippen LogP contribution in [-0.2, 0) is 16.8 Å². The molecule has 158 valence electrons. The second kappa shape index (κ2) is 7.06. The Hall–Kier alpha value is -2.44. The van der Waals surface area contributed by atoms with E-state index in [9.17, 15) is 0 Å². The maximum atomic E-state index is 5.72. The second-order valence-electron chi connectivity index (χ2n) is 9.34. The molecule has 6 heteroatoms. The van der Waals surface area contributed by atoms with Gasteiger partial charge in [-0.25, -0.2) is 9.97 Å². The molecule has 2 aliphatic heterocycles. The third kappa shape index (κ3) is 2.93. The molecule has 2 aromatic heterocycles. The van der Waals surface area contributed by atoms with Crippen LogP contribution in [0.1, 0.15) is 45.9 Å².